The summed E-state index contributed by atoms with van der Waals surface area (Å²) >= 11 is 0. The van der Waals surface area contributed by atoms with E-state index in [1.165, 1.54) is 0 Å². The zero-order chi connectivity index (χ0) is 19.8. The van der Waals surface area contributed by atoms with Crippen LogP contribution in [0, 0.1) is 0 Å². The molecule has 3 rings (SSSR count). The molecule has 0 radical (unpaired) electrons. The van der Waals surface area contributed by atoms with Crippen molar-refractivity contribution < 1.29 is 14.3 Å². The quantitative estimate of drug-likeness (QED) is 0.587. The first-order valence-corrected chi connectivity index (χ1v) is 9.25. The molecule has 0 saturated heterocycles. The smallest absolute Gasteiger partial charge is 0.254 e. The monoisotopic (exact) mass is 376 g/mol. The van der Waals surface area contributed by atoms with Crippen LogP contribution in [0.3, 0.4) is 0 Å². The van der Waals surface area contributed by atoms with Crippen molar-refractivity contribution in [2.75, 3.05) is 13.7 Å². The lowest BCUT2D eigenvalue weighted by atomic mass is 10.1. The molecule has 1 amide bonds. The Balaban J connectivity index is 1.72. The van der Waals surface area contributed by atoms with Crippen LogP contribution in [0.5, 0.6) is 11.5 Å². The van der Waals surface area contributed by atoms with Gasteiger partial charge in [0.25, 0.3) is 5.91 Å². The van der Waals surface area contributed by atoms with Crippen LogP contribution in [0.15, 0.2) is 73.1 Å². The SMILES string of the molecule is CCOc1cc(C(=O)N(C)Cc2ccccc2)ccc1OCc1cccnc1. The summed E-state index contributed by atoms with van der Waals surface area (Å²) in [4.78, 5) is 18.6. The number of benzene rings is 2. The Morgan fingerprint density at radius 3 is 2.46 bits per heavy atom. The minimum Gasteiger partial charge on any atom is -0.490 e. The van der Waals surface area contributed by atoms with Crippen molar-refractivity contribution in [3.05, 3.63) is 89.7 Å². The fourth-order valence-electron chi connectivity index (χ4n) is 2.82. The molecule has 0 unspecified atom stereocenters. The van der Waals surface area contributed by atoms with Gasteiger partial charge in [0, 0.05) is 37.1 Å². The topological polar surface area (TPSA) is 51.7 Å². The maximum atomic E-state index is 12.8. The van der Waals surface area contributed by atoms with E-state index in [9.17, 15) is 4.79 Å². The molecule has 0 saturated carbocycles. The van der Waals surface area contributed by atoms with E-state index in [2.05, 4.69) is 4.98 Å². The third kappa shape index (κ3) is 5.10. The normalized spacial score (nSPS) is 10.4. The van der Waals surface area contributed by atoms with Gasteiger partial charge in [0.15, 0.2) is 11.5 Å². The molecule has 0 N–H and O–H groups in total. The van der Waals surface area contributed by atoms with Gasteiger partial charge in [-0.3, -0.25) is 9.78 Å². The third-order valence-corrected chi connectivity index (χ3v) is 4.22. The van der Waals surface area contributed by atoms with Crippen molar-refractivity contribution in [3.8, 4) is 11.5 Å². The van der Waals surface area contributed by atoms with Crippen molar-refractivity contribution >= 4 is 5.91 Å². The maximum Gasteiger partial charge on any atom is 0.254 e. The Labute approximate surface area is 165 Å². The van der Waals surface area contributed by atoms with Crippen LogP contribution in [-0.4, -0.2) is 29.4 Å². The highest BCUT2D eigenvalue weighted by Crippen LogP contribution is 2.30. The lowest BCUT2D eigenvalue weighted by Crippen LogP contribution is -2.26. The summed E-state index contributed by atoms with van der Waals surface area (Å²) in [5.74, 6) is 1.10. The Morgan fingerprint density at radius 2 is 1.75 bits per heavy atom. The number of amides is 1. The molecule has 3 aromatic rings. The van der Waals surface area contributed by atoms with Gasteiger partial charge in [-0.15, -0.1) is 0 Å². The van der Waals surface area contributed by atoms with E-state index in [0.717, 1.165) is 11.1 Å². The third-order valence-electron chi connectivity index (χ3n) is 4.22. The first-order chi connectivity index (χ1) is 13.7. The lowest BCUT2D eigenvalue weighted by Gasteiger charge is -2.19. The fourth-order valence-corrected chi connectivity index (χ4v) is 2.82. The molecule has 1 aromatic heterocycles. The minimum absolute atomic E-state index is 0.0661. The van der Waals surface area contributed by atoms with E-state index in [4.69, 9.17) is 9.47 Å². The van der Waals surface area contributed by atoms with E-state index >= 15 is 0 Å². The molecule has 2 aromatic carbocycles. The van der Waals surface area contributed by atoms with Crippen LogP contribution in [0.25, 0.3) is 0 Å². The molecular weight excluding hydrogens is 352 g/mol. The number of hydrogen-bond donors (Lipinski definition) is 0. The number of nitrogens with zero attached hydrogens (tertiary/aromatic N) is 2. The van der Waals surface area contributed by atoms with Crippen molar-refractivity contribution in [2.24, 2.45) is 0 Å². The standard InChI is InChI=1S/C23H24N2O3/c1-3-27-22-14-20(23(26)25(2)16-18-8-5-4-6-9-18)11-12-21(22)28-17-19-10-7-13-24-15-19/h4-15H,3,16-17H2,1-2H3. The summed E-state index contributed by atoms with van der Waals surface area (Å²) < 4.78 is 11.6. The molecule has 144 valence electrons. The highest BCUT2D eigenvalue weighted by Gasteiger charge is 2.15. The first kappa shape index (κ1) is 19.4. The highest BCUT2D eigenvalue weighted by atomic mass is 16.5. The van der Waals surface area contributed by atoms with Crippen molar-refractivity contribution in [3.63, 3.8) is 0 Å². The van der Waals surface area contributed by atoms with Gasteiger partial charge in [-0.05, 0) is 36.8 Å². The number of rotatable bonds is 8. The molecule has 1 heterocycles. The van der Waals surface area contributed by atoms with Gasteiger partial charge in [0.2, 0.25) is 0 Å². The van der Waals surface area contributed by atoms with Crippen molar-refractivity contribution in [1.82, 2.24) is 9.88 Å². The lowest BCUT2D eigenvalue weighted by molar-refractivity contribution is 0.0784. The van der Waals surface area contributed by atoms with Gasteiger partial charge in [0.1, 0.15) is 6.61 Å². The minimum atomic E-state index is -0.0661. The second-order valence-corrected chi connectivity index (χ2v) is 6.39. The molecule has 0 spiro atoms. The average Bonchev–Trinajstić information content (AvgIpc) is 2.74. The Bertz CT molecular complexity index is 898. The van der Waals surface area contributed by atoms with Crippen LogP contribution in [0.1, 0.15) is 28.4 Å². The van der Waals surface area contributed by atoms with Gasteiger partial charge in [-0.25, -0.2) is 0 Å². The van der Waals surface area contributed by atoms with Crippen LogP contribution >= 0.6 is 0 Å². The van der Waals surface area contributed by atoms with Gasteiger partial charge < -0.3 is 14.4 Å². The molecule has 0 aliphatic heterocycles. The average molecular weight is 376 g/mol. The first-order valence-electron chi connectivity index (χ1n) is 9.25. The molecule has 0 atom stereocenters. The fraction of sp³-hybridized carbons (Fsp3) is 0.217. The zero-order valence-corrected chi connectivity index (χ0v) is 16.2. The number of aromatic nitrogens is 1. The highest BCUT2D eigenvalue weighted by molar-refractivity contribution is 5.94. The van der Waals surface area contributed by atoms with E-state index in [0.29, 0.717) is 36.8 Å². The summed E-state index contributed by atoms with van der Waals surface area (Å²) in [6, 6.07) is 19.0. The molecule has 0 aliphatic carbocycles. The number of pyridine rings is 1. The molecule has 5 nitrogen and oxygen atoms in total. The van der Waals surface area contributed by atoms with Crippen LogP contribution in [0.2, 0.25) is 0 Å². The van der Waals surface area contributed by atoms with Crippen LogP contribution in [0.4, 0.5) is 0 Å². The molecule has 0 bridgehead atoms. The number of hydrogen-bond acceptors (Lipinski definition) is 4. The number of carbonyl (C=O) groups excluding carboxylic acids is 1. The van der Waals surface area contributed by atoms with Crippen LogP contribution < -0.4 is 9.47 Å². The molecule has 28 heavy (non-hydrogen) atoms. The predicted octanol–water partition coefficient (Wildman–Crippen LogP) is 4.33. The van der Waals surface area contributed by atoms with E-state index < -0.39 is 0 Å². The zero-order valence-electron chi connectivity index (χ0n) is 16.2. The summed E-state index contributed by atoms with van der Waals surface area (Å²) in [7, 11) is 1.79. The van der Waals surface area contributed by atoms with Crippen LogP contribution in [-0.2, 0) is 13.2 Å². The second-order valence-electron chi connectivity index (χ2n) is 6.39. The van der Waals surface area contributed by atoms with Crippen molar-refractivity contribution in [1.29, 1.82) is 0 Å². The number of carbonyl (C=O) groups is 1. The molecule has 0 aliphatic rings. The van der Waals surface area contributed by atoms with E-state index in [1.807, 2.05) is 49.4 Å². The summed E-state index contributed by atoms with van der Waals surface area (Å²) in [6.45, 7) is 3.32. The van der Waals surface area contributed by atoms with E-state index in [-0.39, 0.29) is 5.91 Å². The largest absolute Gasteiger partial charge is 0.490 e. The van der Waals surface area contributed by atoms with Gasteiger partial charge in [-0.2, -0.15) is 0 Å². The second kappa shape index (κ2) is 9.55. The van der Waals surface area contributed by atoms with Gasteiger partial charge in [-0.1, -0.05) is 36.4 Å². The predicted molar refractivity (Wildman–Crippen MR) is 108 cm³/mol. The van der Waals surface area contributed by atoms with Gasteiger partial charge >= 0.3 is 0 Å². The Hall–Kier alpha value is -3.34. The summed E-state index contributed by atoms with van der Waals surface area (Å²) in [5.41, 5.74) is 2.61. The summed E-state index contributed by atoms with van der Waals surface area (Å²) in [5, 5.41) is 0. The molecule has 5 heteroatoms. The maximum absolute atomic E-state index is 12.8. The number of ether oxygens (including phenoxy) is 2. The van der Waals surface area contributed by atoms with Gasteiger partial charge in [0.05, 0.1) is 6.61 Å². The Morgan fingerprint density at radius 1 is 0.964 bits per heavy atom. The van der Waals surface area contributed by atoms with Crippen molar-refractivity contribution in [2.45, 2.75) is 20.1 Å². The van der Waals surface area contributed by atoms with E-state index in [1.54, 1.807) is 42.5 Å². The molecule has 0 fully saturated rings. The Kier molecular flexibility index (Phi) is 6.63. The molecular formula is C23H24N2O3. The summed E-state index contributed by atoms with van der Waals surface area (Å²) in [6.07, 6.45) is 3.48.